The largest absolute Gasteiger partial charge is 0.379 e. The molecule has 3 atom stereocenters. The lowest BCUT2D eigenvalue weighted by atomic mass is 9.83. The lowest BCUT2D eigenvalue weighted by Gasteiger charge is -2.35. The number of rotatable bonds is 9. The van der Waals surface area contributed by atoms with E-state index < -0.39 is 0 Å². The molecule has 0 bridgehead atoms. The van der Waals surface area contributed by atoms with E-state index in [0.29, 0.717) is 19.5 Å². The van der Waals surface area contributed by atoms with Gasteiger partial charge in [0, 0.05) is 44.7 Å². The minimum Gasteiger partial charge on any atom is -0.379 e. The molecule has 2 amide bonds. The van der Waals surface area contributed by atoms with Crippen molar-refractivity contribution in [2.24, 2.45) is 5.92 Å². The van der Waals surface area contributed by atoms with Gasteiger partial charge >= 0.3 is 0 Å². The SMILES string of the molecule is CO[C@@H]1CC[C@H](C(=O)NCCCn2ccnn2)C[C@H]1NC(=O)Cn1cccn1. The summed E-state index contributed by atoms with van der Waals surface area (Å²) in [4.78, 5) is 24.8. The minimum atomic E-state index is -0.187. The predicted molar refractivity (Wildman–Crippen MR) is 99.9 cm³/mol. The molecule has 2 aromatic heterocycles. The maximum absolute atomic E-state index is 12.5. The smallest absolute Gasteiger partial charge is 0.242 e. The monoisotopic (exact) mass is 389 g/mol. The Morgan fingerprint density at radius 2 is 2.11 bits per heavy atom. The second kappa shape index (κ2) is 9.98. The molecule has 0 aromatic carbocycles. The number of ether oxygens (including phenoxy) is 1. The first-order valence-electron chi connectivity index (χ1n) is 9.57. The maximum atomic E-state index is 12.5. The molecule has 10 heteroatoms. The van der Waals surface area contributed by atoms with Gasteiger partial charge in [0.1, 0.15) is 6.54 Å². The molecular weight excluding hydrogens is 362 g/mol. The second-order valence-corrected chi connectivity index (χ2v) is 6.97. The van der Waals surface area contributed by atoms with E-state index in [1.54, 1.807) is 47.3 Å². The minimum absolute atomic E-state index is 0.0273. The van der Waals surface area contributed by atoms with Gasteiger partial charge in [0.15, 0.2) is 0 Å². The molecule has 0 aliphatic heterocycles. The van der Waals surface area contributed by atoms with Crippen LogP contribution in [0.4, 0.5) is 0 Å². The third kappa shape index (κ3) is 5.62. The lowest BCUT2D eigenvalue weighted by molar-refractivity contribution is -0.130. The molecule has 0 saturated heterocycles. The van der Waals surface area contributed by atoms with E-state index in [2.05, 4.69) is 26.0 Å². The molecule has 2 heterocycles. The van der Waals surface area contributed by atoms with E-state index in [4.69, 9.17) is 4.74 Å². The first-order valence-corrected chi connectivity index (χ1v) is 9.57. The van der Waals surface area contributed by atoms with Gasteiger partial charge in [0.2, 0.25) is 11.8 Å². The molecule has 28 heavy (non-hydrogen) atoms. The van der Waals surface area contributed by atoms with Gasteiger partial charge in [-0.3, -0.25) is 19.0 Å². The first-order chi connectivity index (χ1) is 13.7. The van der Waals surface area contributed by atoms with Crippen molar-refractivity contribution in [1.82, 2.24) is 35.4 Å². The topological polar surface area (TPSA) is 116 Å². The number of carbonyl (C=O) groups excluding carboxylic acids is 2. The third-order valence-corrected chi connectivity index (χ3v) is 5.01. The van der Waals surface area contributed by atoms with Crippen LogP contribution >= 0.6 is 0 Å². The van der Waals surface area contributed by atoms with Crippen molar-refractivity contribution >= 4 is 11.8 Å². The van der Waals surface area contributed by atoms with Crippen LogP contribution < -0.4 is 10.6 Å². The van der Waals surface area contributed by atoms with Crippen molar-refractivity contribution in [3.05, 3.63) is 30.9 Å². The van der Waals surface area contributed by atoms with Crippen molar-refractivity contribution in [2.45, 2.75) is 50.9 Å². The number of nitrogens with one attached hydrogen (secondary N) is 2. The van der Waals surface area contributed by atoms with Crippen molar-refractivity contribution in [2.75, 3.05) is 13.7 Å². The quantitative estimate of drug-likeness (QED) is 0.583. The van der Waals surface area contributed by atoms with Gasteiger partial charge < -0.3 is 15.4 Å². The number of hydrogen-bond acceptors (Lipinski definition) is 6. The molecule has 1 aliphatic carbocycles. The van der Waals surface area contributed by atoms with Crippen LogP contribution in [-0.4, -0.2) is 62.4 Å². The normalized spacial score (nSPS) is 22.0. The summed E-state index contributed by atoms with van der Waals surface area (Å²) in [7, 11) is 1.64. The van der Waals surface area contributed by atoms with Gasteiger partial charge in [-0.1, -0.05) is 5.21 Å². The Kier molecular flexibility index (Phi) is 7.12. The molecule has 0 spiro atoms. The van der Waals surface area contributed by atoms with Crippen LogP contribution in [0.1, 0.15) is 25.7 Å². The molecule has 2 N–H and O–H groups in total. The summed E-state index contributed by atoms with van der Waals surface area (Å²) in [6, 6.07) is 1.59. The second-order valence-electron chi connectivity index (χ2n) is 6.97. The molecule has 152 valence electrons. The Morgan fingerprint density at radius 1 is 1.21 bits per heavy atom. The van der Waals surface area contributed by atoms with Gasteiger partial charge in [-0.05, 0) is 31.7 Å². The summed E-state index contributed by atoms with van der Waals surface area (Å²) in [5.41, 5.74) is 0. The van der Waals surface area contributed by atoms with Gasteiger partial charge in [-0.15, -0.1) is 5.10 Å². The highest BCUT2D eigenvalue weighted by atomic mass is 16.5. The Hall–Kier alpha value is -2.75. The van der Waals surface area contributed by atoms with Crippen LogP contribution in [0.25, 0.3) is 0 Å². The average Bonchev–Trinajstić information content (AvgIpc) is 3.39. The number of aryl methyl sites for hydroxylation is 1. The third-order valence-electron chi connectivity index (χ3n) is 5.01. The molecule has 3 rings (SSSR count). The van der Waals surface area contributed by atoms with Crippen LogP contribution in [0, 0.1) is 5.92 Å². The fourth-order valence-corrected chi connectivity index (χ4v) is 3.56. The molecule has 0 radical (unpaired) electrons. The molecule has 0 unspecified atom stereocenters. The van der Waals surface area contributed by atoms with E-state index in [1.165, 1.54) is 0 Å². The summed E-state index contributed by atoms with van der Waals surface area (Å²) in [5.74, 6) is -0.239. The number of nitrogens with zero attached hydrogens (tertiary/aromatic N) is 5. The maximum Gasteiger partial charge on any atom is 0.242 e. The fraction of sp³-hybridized carbons (Fsp3) is 0.611. The van der Waals surface area contributed by atoms with Crippen molar-refractivity contribution in [3.8, 4) is 0 Å². The molecule has 1 fully saturated rings. The van der Waals surface area contributed by atoms with Gasteiger partial charge in [-0.25, -0.2) is 0 Å². The van der Waals surface area contributed by atoms with Crippen molar-refractivity contribution in [3.63, 3.8) is 0 Å². The predicted octanol–water partition coefficient (Wildman–Crippen LogP) is -0.0190. The van der Waals surface area contributed by atoms with Crippen LogP contribution in [0.5, 0.6) is 0 Å². The van der Waals surface area contributed by atoms with Crippen LogP contribution in [0.3, 0.4) is 0 Å². The molecule has 1 aliphatic rings. The zero-order valence-corrected chi connectivity index (χ0v) is 16.0. The summed E-state index contributed by atoms with van der Waals surface area (Å²) >= 11 is 0. The zero-order valence-electron chi connectivity index (χ0n) is 16.0. The number of hydrogen-bond donors (Lipinski definition) is 2. The van der Waals surface area contributed by atoms with Gasteiger partial charge in [0.25, 0.3) is 0 Å². The summed E-state index contributed by atoms with van der Waals surface area (Å²) < 4.78 is 8.83. The number of carbonyl (C=O) groups is 2. The Bertz CT molecular complexity index is 732. The highest BCUT2D eigenvalue weighted by molar-refractivity contribution is 5.79. The van der Waals surface area contributed by atoms with E-state index in [-0.39, 0.29) is 36.4 Å². The van der Waals surface area contributed by atoms with Crippen LogP contribution in [-0.2, 0) is 27.4 Å². The van der Waals surface area contributed by atoms with Gasteiger partial charge in [-0.2, -0.15) is 5.10 Å². The van der Waals surface area contributed by atoms with Crippen molar-refractivity contribution < 1.29 is 14.3 Å². The highest BCUT2D eigenvalue weighted by Gasteiger charge is 2.34. The lowest BCUT2D eigenvalue weighted by Crippen LogP contribution is -2.51. The van der Waals surface area contributed by atoms with Crippen molar-refractivity contribution in [1.29, 1.82) is 0 Å². The van der Waals surface area contributed by atoms with E-state index in [1.807, 2.05) is 0 Å². The first kappa shape index (κ1) is 20.0. The Morgan fingerprint density at radius 3 is 2.82 bits per heavy atom. The van der Waals surface area contributed by atoms with E-state index in [9.17, 15) is 9.59 Å². The Balaban J connectivity index is 1.44. The fourth-order valence-electron chi connectivity index (χ4n) is 3.56. The highest BCUT2D eigenvalue weighted by Crippen LogP contribution is 2.26. The number of aromatic nitrogens is 5. The number of methoxy groups -OCH3 is 1. The summed E-state index contributed by atoms with van der Waals surface area (Å²) in [6.07, 6.45) is 9.55. The molecule has 2 aromatic rings. The number of amides is 2. The van der Waals surface area contributed by atoms with E-state index >= 15 is 0 Å². The average molecular weight is 389 g/mol. The van der Waals surface area contributed by atoms with Crippen LogP contribution in [0.2, 0.25) is 0 Å². The zero-order chi connectivity index (χ0) is 19.8. The summed E-state index contributed by atoms with van der Waals surface area (Å²) in [5, 5.41) is 17.7. The standard InChI is InChI=1S/C18H27N7O3/c1-28-16-5-4-14(18(27)19-6-2-9-24-11-8-20-23-24)12-15(16)22-17(26)13-25-10-3-7-21-25/h3,7-8,10-11,14-16H,2,4-6,9,12-13H2,1H3,(H,19,27)(H,22,26)/t14-,15+,16+/m0/s1. The summed E-state index contributed by atoms with van der Waals surface area (Å²) in [6.45, 7) is 1.45. The Labute approximate surface area is 163 Å². The molecule has 10 nitrogen and oxygen atoms in total. The molecular formula is C18H27N7O3. The van der Waals surface area contributed by atoms with Gasteiger partial charge in [0.05, 0.1) is 18.3 Å². The molecule has 1 saturated carbocycles. The van der Waals surface area contributed by atoms with E-state index in [0.717, 1.165) is 19.3 Å². The van der Waals surface area contributed by atoms with Crippen LogP contribution in [0.15, 0.2) is 30.9 Å².